The van der Waals surface area contributed by atoms with Crippen molar-refractivity contribution in [2.75, 3.05) is 0 Å². The van der Waals surface area contributed by atoms with Gasteiger partial charge in [-0.25, -0.2) is 13.6 Å². The van der Waals surface area contributed by atoms with Gasteiger partial charge in [0.2, 0.25) is 5.76 Å². The van der Waals surface area contributed by atoms with Gasteiger partial charge >= 0.3 is 21.6 Å². The molecule has 0 amide bonds. The quantitative estimate of drug-likeness (QED) is 0.470. The molecule has 6 heterocycles. The van der Waals surface area contributed by atoms with Crippen LogP contribution in [0.25, 0.3) is 0 Å². The van der Waals surface area contributed by atoms with Crippen LogP contribution >= 0.6 is 15.6 Å². The van der Waals surface area contributed by atoms with E-state index in [1.54, 1.807) is 13.0 Å². The Labute approximate surface area is 145 Å². The Balaban J connectivity index is 1.62. The largest absolute Gasteiger partial charge is 0.652 e. The Morgan fingerprint density at radius 3 is 2.24 bits per heavy atom. The van der Waals surface area contributed by atoms with Gasteiger partial charge in [0.1, 0.15) is 0 Å². The lowest BCUT2D eigenvalue weighted by atomic mass is 10.0. The first-order chi connectivity index (χ1) is 11.6. The summed E-state index contributed by atoms with van der Waals surface area (Å²) in [7, 11) is -7.06. The van der Waals surface area contributed by atoms with Crippen molar-refractivity contribution in [3.8, 4) is 0 Å². The molecule has 0 aromatic carbocycles. The molecule has 6 aliphatic heterocycles. The molecule has 6 aliphatic rings. The van der Waals surface area contributed by atoms with Gasteiger partial charge < -0.3 is 18.1 Å². The molecule has 0 aliphatic carbocycles. The molecular weight excluding hydrogens is 370 g/mol. The first-order valence-corrected chi connectivity index (χ1v) is 10.7. The monoisotopic (exact) mass is 388 g/mol. The van der Waals surface area contributed by atoms with E-state index in [2.05, 4.69) is 6.08 Å². The first kappa shape index (κ1) is 17.0. The Kier molecular flexibility index (Phi) is 3.58. The van der Waals surface area contributed by atoms with Crippen molar-refractivity contribution >= 4 is 15.6 Å². The van der Waals surface area contributed by atoms with Crippen molar-refractivity contribution in [1.29, 1.82) is 0 Å². The zero-order valence-electron chi connectivity index (χ0n) is 14.2. The molecule has 10 heteroatoms. The van der Waals surface area contributed by atoms with Crippen LogP contribution in [-0.2, 0) is 36.3 Å². The summed E-state index contributed by atoms with van der Waals surface area (Å²) in [6.45, 7) is 7.66. The van der Waals surface area contributed by atoms with Crippen LogP contribution in [0.3, 0.4) is 0 Å². The van der Waals surface area contributed by atoms with E-state index in [1.165, 1.54) is 5.57 Å². The Bertz CT molecular complexity index is 852. The maximum absolute atomic E-state index is 12.1. The molecule has 4 fully saturated rings. The molecule has 8 nitrogen and oxygen atoms in total. The molecule has 0 aromatic rings. The second kappa shape index (κ2) is 5.27. The van der Waals surface area contributed by atoms with Gasteiger partial charge in [-0.3, -0.25) is 0 Å². The summed E-state index contributed by atoms with van der Waals surface area (Å²) >= 11 is 0. The lowest BCUT2D eigenvalue weighted by molar-refractivity contribution is -0.111. The summed E-state index contributed by atoms with van der Waals surface area (Å²) < 4.78 is 55.0. The molecule has 0 saturated carbocycles. The maximum Gasteiger partial charge on any atom is 0.652 e. The van der Waals surface area contributed by atoms with Gasteiger partial charge in [0.15, 0.2) is 5.76 Å². The highest BCUT2D eigenvalue weighted by atomic mass is 31.2. The van der Waals surface area contributed by atoms with Gasteiger partial charge in [0.25, 0.3) is 5.79 Å². The number of rotatable bonds is 5. The second-order valence-corrected chi connectivity index (χ2v) is 9.38. The molecule has 136 valence electrons. The molecule has 4 bridgehead atoms. The molecule has 25 heavy (non-hydrogen) atoms. The minimum absolute atomic E-state index is 0.0266. The molecule has 0 aromatic heterocycles. The average molecular weight is 388 g/mol. The fourth-order valence-electron chi connectivity index (χ4n) is 2.87. The normalized spacial score (nSPS) is 35.6. The third-order valence-corrected chi connectivity index (χ3v) is 6.58. The van der Waals surface area contributed by atoms with E-state index in [4.69, 9.17) is 27.1 Å². The zero-order valence-corrected chi connectivity index (χ0v) is 16.0. The minimum Gasteiger partial charge on any atom is -0.402 e. The van der Waals surface area contributed by atoms with E-state index in [0.29, 0.717) is 5.57 Å². The number of phosphoric acid groups is 2. The molecule has 0 atom stereocenters. The summed E-state index contributed by atoms with van der Waals surface area (Å²) in [5, 5.41) is 0. The van der Waals surface area contributed by atoms with E-state index < -0.39 is 21.4 Å². The highest BCUT2D eigenvalue weighted by molar-refractivity contribution is 7.50. The first-order valence-electron chi connectivity index (χ1n) is 7.81. The lowest BCUT2D eigenvalue weighted by Crippen LogP contribution is -2.35. The van der Waals surface area contributed by atoms with Crippen LogP contribution in [0.5, 0.6) is 0 Å². The van der Waals surface area contributed by atoms with Gasteiger partial charge in [-0.05, 0) is 46.6 Å². The van der Waals surface area contributed by atoms with Crippen molar-refractivity contribution < 1.29 is 36.3 Å². The third-order valence-electron chi connectivity index (χ3n) is 4.00. The SMILES string of the molecule is CC(C)=CCC/C(C)=C/C12OP(=O)(O/C1=C(/C)C1=C3OP(=O)(O3)O1)O2. The predicted octanol–water partition coefficient (Wildman–Crippen LogP) is 5.19. The Morgan fingerprint density at radius 1 is 1.00 bits per heavy atom. The van der Waals surface area contributed by atoms with Crippen molar-refractivity contribution in [1.82, 2.24) is 0 Å². The molecule has 0 N–H and O–H groups in total. The summed E-state index contributed by atoms with van der Waals surface area (Å²) in [5.41, 5.74) is 2.65. The van der Waals surface area contributed by atoms with Crippen molar-refractivity contribution in [3.63, 3.8) is 0 Å². The van der Waals surface area contributed by atoms with Gasteiger partial charge in [-0.1, -0.05) is 17.2 Å². The molecule has 0 radical (unpaired) electrons. The van der Waals surface area contributed by atoms with Gasteiger partial charge in [0, 0.05) is 5.57 Å². The number of fused-ring (bicyclic) bond motifs is 2. The maximum atomic E-state index is 12.1. The van der Waals surface area contributed by atoms with Gasteiger partial charge in [-0.15, -0.1) is 0 Å². The van der Waals surface area contributed by atoms with E-state index in [9.17, 15) is 9.13 Å². The lowest BCUT2D eigenvalue weighted by Gasteiger charge is -2.30. The van der Waals surface area contributed by atoms with Gasteiger partial charge in [0.05, 0.1) is 0 Å². The van der Waals surface area contributed by atoms with Crippen LogP contribution in [0, 0.1) is 0 Å². The third kappa shape index (κ3) is 2.68. The van der Waals surface area contributed by atoms with Crippen molar-refractivity contribution in [2.24, 2.45) is 0 Å². The predicted molar refractivity (Wildman–Crippen MR) is 86.6 cm³/mol. The number of hydrogen-bond donors (Lipinski definition) is 0. The van der Waals surface area contributed by atoms with Crippen molar-refractivity contribution in [3.05, 3.63) is 46.3 Å². The standard InChI is InChI=1S/C15H18O8P2/c1-9(2)6-5-7-10(3)8-15-13(19-25(17,22-15)23-15)11(4)12-14-20-24(16,18-12)21-14/h6,8H,5,7H2,1-4H3/b10-8+,13-11-. The highest BCUT2D eigenvalue weighted by Crippen LogP contribution is 2.78. The fraction of sp³-hybridized carbons (Fsp3) is 0.467. The summed E-state index contributed by atoms with van der Waals surface area (Å²) in [4.78, 5) is 0. The zero-order chi connectivity index (χ0) is 18.0. The van der Waals surface area contributed by atoms with E-state index in [1.807, 2.05) is 20.8 Å². The average Bonchev–Trinajstić information content (AvgIpc) is 3.10. The fourth-order valence-corrected chi connectivity index (χ4v) is 5.48. The van der Waals surface area contributed by atoms with E-state index >= 15 is 0 Å². The van der Waals surface area contributed by atoms with Crippen LogP contribution in [0.15, 0.2) is 46.3 Å². The highest BCUT2D eigenvalue weighted by Gasteiger charge is 2.70. The topological polar surface area (TPSA) is 89.5 Å². The van der Waals surface area contributed by atoms with Crippen LogP contribution < -0.4 is 0 Å². The smallest absolute Gasteiger partial charge is 0.402 e. The number of phosphoric ester groups is 2. The molecule has 6 rings (SSSR count). The number of allylic oxidation sites excluding steroid dienone is 4. The van der Waals surface area contributed by atoms with E-state index in [-0.39, 0.29) is 17.5 Å². The molecule has 4 saturated heterocycles. The summed E-state index contributed by atoms with van der Waals surface area (Å²) in [6, 6.07) is 0. The molecule has 0 spiro atoms. The van der Waals surface area contributed by atoms with Gasteiger partial charge in [-0.2, -0.15) is 4.57 Å². The molecular formula is C15H18O8P2. The van der Waals surface area contributed by atoms with Crippen LogP contribution in [0.4, 0.5) is 0 Å². The van der Waals surface area contributed by atoms with Crippen LogP contribution in [-0.4, -0.2) is 5.79 Å². The summed E-state index contributed by atoms with van der Waals surface area (Å²) in [6.07, 6.45) is 5.54. The van der Waals surface area contributed by atoms with E-state index in [0.717, 1.165) is 18.4 Å². The summed E-state index contributed by atoms with van der Waals surface area (Å²) in [5.74, 6) is -0.973. The Morgan fingerprint density at radius 2 is 1.68 bits per heavy atom. The minimum atomic E-state index is -3.58. The Hall–Kier alpha value is -1.46. The number of hydrogen-bond acceptors (Lipinski definition) is 8. The second-order valence-electron chi connectivity index (χ2n) is 6.49. The molecule has 0 unspecified atom stereocenters. The van der Waals surface area contributed by atoms with Crippen LogP contribution in [0.2, 0.25) is 0 Å². The van der Waals surface area contributed by atoms with Crippen molar-refractivity contribution in [2.45, 2.75) is 46.3 Å². The van der Waals surface area contributed by atoms with Crippen LogP contribution in [0.1, 0.15) is 40.5 Å².